The Kier molecular flexibility index (Phi) is 6.44. The van der Waals surface area contributed by atoms with Gasteiger partial charge >= 0.3 is 12.1 Å². The predicted molar refractivity (Wildman–Crippen MR) is 139 cm³/mol. The third kappa shape index (κ3) is 4.68. The highest BCUT2D eigenvalue weighted by molar-refractivity contribution is 7.23. The summed E-state index contributed by atoms with van der Waals surface area (Å²) in [6.45, 7) is 2.66. The van der Waals surface area contributed by atoms with Gasteiger partial charge in [-0.25, -0.2) is 24.5 Å². The van der Waals surface area contributed by atoms with Gasteiger partial charge in [-0.05, 0) is 36.8 Å². The number of aliphatic hydroxyl groups is 1. The van der Waals surface area contributed by atoms with Crippen molar-refractivity contribution >= 4 is 38.8 Å². The molecule has 0 atom stereocenters. The summed E-state index contributed by atoms with van der Waals surface area (Å²) < 4.78 is 0.870. The first-order chi connectivity index (χ1) is 17.8. The van der Waals surface area contributed by atoms with Crippen LogP contribution in [0.3, 0.4) is 0 Å². The van der Waals surface area contributed by atoms with Crippen LogP contribution in [0, 0.1) is 0 Å². The van der Waals surface area contributed by atoms with Gasteiger partial charge in [0.1, 0.15) is 5.60 Å². The molecule has 37 heavy (non-hydrogen) atoms. The highest BCUT2D eigenvalue weighted by Crippen LogP contribution is 2.39. The lowest BCUT2D eigenvalue weighted by Crippen LogP contribution is -2.45. The molecule has 1 aliphatic rings. The van der Waals surface area contributed by atoms with E-state index in [0.717, 1.165) is 21.5 Å². The normalized spacial score (nSPS) is 15.0. The average Bonchev–Trinajstić information content (AvgIpc) is 3.33. The molecule has 11 nitrogen and oxygen atoms in total. The van der Waals surface area contributed by atoms with Crippen molar-refractivity contribution < 1.29 is 19.8 Å². The lowest BCUT2D eigenvalue weighted by molar-refractivity contribution is -0.0283. The number of hydrogen-bond donors (Lipinski definition) is 3. The van der Waals surface area contributed by atoms with Crippen LogP contribution in [0.15, 0.2) is 48.9 Å². The van der Waals surface area contributed by atoms with Crippen molar-refractivity contribution in [3.63, 3.8) is 0 Å². The Morgan fingerprint density at radius 3 is 2.46 bits per heavy atom. The highest BCUT2D eigenvalue weighted by atomic mass is 32.1. The second-order valence-electron chi connectivity index (χ2n) is 8.76. The number of fused-ring (bicyclic) bond motifs is 1. The maximum absolute atomic E-state index is 11.9. The number of primary amides is 1. The smallest absolute Gasteiger partial charge is 0.407 e. The Hall–Kier alpha value is -4.16. The van der Waals surface area contributed by atoms with Gasteiger partial charge in [-0.1, -0.05) is 17.4 Å². The zero-order valence-corrected chi connectivity index (χ0v) is 20.9. The van der Waals surface area contributed by atoms with Crippen LogP contribution in [0.1, 0.15) is 25.6 Å². The lowest BCUT2D eigenvalue weighted by atomic mass is 9.90. The van der Waals surface area contributed by atoms with Crippen LogP contribution in [0.2, 0.25) is 0 Å². The van der Waals surface area contributed by atoms with E-state index in [0.29, 0.717) is 22.8 Å². The third-order valence-electron chi connectivity index (χ3n) is 6.50. The molecule has 0 saturated carbocycles. The molecule has 1 saturated heterocycles. The molecule has 1 aromatic carbocycles. The van der Waals surface area contributed by atoms with Crippen LogP contribution < -0.4 is 10.6 Å². The van der Waals surface area contributed by atoms with E-state index in [1.54, 1.807) is 18.6 Å². The first-order valence-corrected chi connectivity index (χ1v) is 12.6. The minimum Gasteiger partial charge on any atom is -0.465 e. The van der Waals surface area contributed by atoms with Crippen molar-refractivity contribution in [2.24, 2.45) is 5.73 Å². The summed E-state index contributed by atoms with van der Waals surface area (Å²) in [7, 11) is 0. The Morgan fingerprint density at radius 2 is 1.86 bits per heavy atom. The molecule has 4 aromatic rings. The molecule has 0 bridgehead atoms. The van der Waals surface area contributed by atoms with Gasteiger partial charge in [0.15, 0.2) is 11.0 Å². The summed E-state index contributed by atoms with van der Waals surface area (Å²) in [5.41, 5.74) is 8.07. The standard InChI is InChI=1S/C25H25N7O4S/c1-2-32(22(26)33)23-30-19-12-15(11-17(20(19)37-23)18-5-3-4-8-27-18)16-13-28-21(29-14-16)25(36)6-9-31(10-7-25)24(34)35/h3-5,8,11-14,36H,2,6-7,9-10H2,1H3,(H2,26,33)(H,34,35). The fourth-order valence-corrected chi connectivity index (χ4v) is 5.55. The number of carbonyl (C=O) groups is 2. The Bertz CT molecular complexity index is 1450. The van der Waals surface area contributed by atoms with Crippen LogP contribution >= 0.6 is 11.3 Å². The Labute approximate surface area is 216 Å². The van der Waals surface area contributed by atoms with Crippen molar-refractivity contribution in [3.8, 4) is 22.4 Å². The number of aromatic nitrogens is 4. The number of nitrogens with two attached hydrogens (primary N) is 1. The average molecular weight is 520 g/mol. The summed E-state index contributed by atoms with van der Waals surface area (Å²) >= 11 is 1.37. The van der Waals surface area contributed by atoms with Crippen LogP contribution in [0.5, 0.6) is 0 Å². The number of rotatable bonds is 5. The molecule has 190 valence electrons. The van der Waals surface area contributed by atoms with E-state index in [1.165, 1.54) is 21.1 Å². The minimum absolute atomic E-state index is 0.216. The number of carboxylic acid groups (broad SMARTS) is 1. The molecule has 0 spiro atoms. The molecule has 0 unspecified atom stereocenters. The molecular formula is C25H25N7O4S. The largest absolute Gasteiger partial charge is 0.465 e. The Balaban J connectivity index is 1.53. The number of thiazole rings is 1. The van der Waals surface area contributed by atoms with E-state index in [4.69, 9.17) is 5.73 Å². The van der Waals surface area contributed by atoms with Crippen LogP contribution in [-0.4, -0.2) is 66.8 Å². The molecular weight excluding hydrogens is 494 g/mol. The van der Waals surface area contributed by atoms with E-state index in [-0.39, 0.29) is 31.8 Å². The number of hydrogen-bond acceptors (Lipinski definition) is 8. The maximum Gasteiger partial charge on any atom is 0.407 e. The second kappa shape index (κ2) is 9.71. The molecule has 4 heterocycles. The zero-order valence-electron chi connectivity index (χ0n) is 20.0. The monoisotopic (exact) mass is 519 g/mol. The second-order valence-corrected chi connectivity index (χ2v) is 9.74. The van der Waals surface area contributed by atoms with Crippen LogP contribution in [0.4, 0.5) is 14.7 Å². The van der Waals surface area contributed by atoms with Gasteiger partial charge in [-0.3, -0.25) is 9.88 Å². The van der Waals surface area contributed by atoms with Crippen molar-refractivity contribution in [1.29, 1.82) is 0 Å². The van der Waals surface area contributed by atoms with Gasteiger partial charge in [0.25, 0.3) is 0 Å². The first kappa shape index (κ1) is 24.5. The summed E-state index contributed by atoms with van der Waals surface area (Å²) in [4.78, 5) is 43.9. The fraction of sp³-hybridized carbons (Fsp3) is 0.280. The van der Waals surface area contributed by atoms with E-state index in [1.807, 2.05) is 37.3 Å². The number of urea groups is 1. The van der Waals surface area contributed by atoms with Crippen molar-refractivity contribution in [2.75, 3.05) is 24.5 Å². The molecule has 1 fully saturated rings. The van der Waals surface area contributed by atoms with E-state index in [2.05, 4.69) is 19.9 Å². The molecule has 5 rings (SSSR count). The van der Waals surface area contributed by atoms with Gasteiger partial charge in [-0.15, -0.1) is 0 Å². The summed E-state index contributed by atoms with van der Waals surface area (Å²) in [5.74, 6) is 0.267. The van der Waals surface area contributed by atoms with Crippen LogP contribution in [-0.2, 0) is 5.60 Å². The molecule has 0 aliphatic carbocycles. The van der Waals surface area contributed by atoms with Gasteiger partial charge in [0.2, 0.25) is 0 Å². The highest BCUT2D eigenvalue weighted by Gasteiger charge is 2.37. The van der Waals surface area contributed by atoms with Gasteiger partial charge in [0.05, 0.1) is 15.9 Å². The predicted octanol–water partition coefficient (Wildman–Crippen LogP) is 3.68. The topological polar surface area (TPSA) is 159 Å². The maximum atomic E-state index is 11.9. The van der Waals surface area contributed by atoms with Gasteiger partial charge < -0.3 is 20.8 Å². The molecule has 3 amide bonds. The van der Waals surface area contributed by atoms with Gasteiger partial charge in [0, 0.05) is 62.2 Å². The lowest BCUT2D eigenvalue weighted by Gasteiger charge is -2.35. The number of benzene rings is 1. The number of nitrogens with zero attached hydrogens (tertiary/aromatic N) is 6. The van der Waals surface area contributed by atoms with E-state index >= 15 is 0 Å². The SMILES string of the molecule is CCN(C(N)=O)c1nc2cc(-c3cnc(C4(O)CCN(C(=O)O)CC4)nc3)cc(-c3ccccn3)c2s1. The fourth-order valence-electron chi connectivity index (χ4n) is 4.41. The summed E-state index contributed by atoms with van der Waals surface area (Å²) in [5, 5.41) is 20.7. The summed E-state index contributed by atoms with van der Waals surface area (Å²) in [6.07, 6.45) is 4.45. The molecule has 4 N–H and O–H groups in total. The molecule has 1 aliphatic heterocycles. The minimum atomic E-state index is -1.28. The third-order valence-corrected chi connectivity index (χ3v) is 7.62. The number of carbonyl (C=O) groups excluding carboxylic acids is 1. The number of anilines is 1. The van der Waals surface area contributed by atoms with Crippen molar-refractivity contribution in [2.45, 2.75) is 25.4 Å². The Morgan fingerprint density at radius 1 is 1.14 bits per heavy atom. The van der Waals surface area contributed by atoms with E-state index in [9.17, 15) is 19.8 Å². The number of amides is 3. The summed E-state index contributed by atoms with van der Waals surface area (Å²) in [6, 6.07) is 8.95. The molecule has 12 heteroatoms. The number of likely N-dealkylation sites (tertiary alicyclic amines) is 1. The van der Waals surface area contributed by atoms with Gasteiger partial charge in [-0.2, -0.15) is 0 Å². The van der Waals surface area contributed by atoms with Crippen molar-refractivity contribution in [1.82, 2.24) is 24.8 Å². The number of piperidine rings is 1. The van der Waals surface area contributed by atoms with Crippen LogP contribution in [0.25, 0.3) is 32.6 Å². The van der Waals surface area contributed by atoms with E-state index < -0.39 is 17.7 Å². The zero-order chi connectivity index (χ0) is 26.2. The number of pyridine rings is 1. The first-order valence-electron chi connectivity index (χ1n) is 11.7. The molecule has 3 aromatic heterocycles. The quantitative estimate of drug-likeness (QED) is 0.360. The van der Waals surface area contributed by atoms with Crippen molar-refractivity contribution in [3.05, 3.63) is 54.7 Å². The molecule has 0 radical (unpaired) electrons.